The van der Waals surface area contributed by atoms with Crippen LogP contribution in [0, 0.1) is 6.92 Å². The second kappa shape index (κ2) is 7.33. The summed E-state index contributed by atoms with van der Waals surface area (Å²) in [7, 11) is 0. The van der Waals surface area contributed by atoms with Gasteiger partial charge in [0.05, 0.1) is 12.2 Å². The van der Waals surface area contributed by atoms with E-state index in [9.17, 15) is 9.90 Å². The summed E-state index contributed by atoms with van der Waals surface area (Å²) in [6, 6.07) is 9.36. The number of aromatic nitrogens is 1. The summed E-state index contributed by atoms with van der Waals surface area (Å²) in [6.07, 6.45) is 3.42. The number of aliphatic hydroxyl groups excluding tert-OH is 1. The van der Waals surface area contributed by atoms with E-state index in [-0.39, 0.29) is 19.1 Å². The fourth-order valence-corrected chi connectivity index (χ4v) is 2.71. The van der Waals surface area contributed by atoms with E-state index in [1.54, 1.807) is 23.4 Å². The Morgan fingerprint density at radius 1 is 1.38 bits per heavy atom. The lowest BCUT2D eigenvalue weighted by molar-refractivity contribution is 0.0707. The zero-order chi connectivity index (χ0) is 15.2. The van der Waals surface area contributed by atoms with Crippen molar-refractivity contribution in [3.8, 4) is 0 Å². The fraction of sp³-hybridized carbons (Fsp3) is 0.250. The smallest absolute Gasteiger partial charge is 0.255 e. The Kier molecular flexibility index (Phi) is 5.47. The molecule has 1 amide bonds. The Hall–Kier alpha value is -1.72. The molecular weight excluding hydrogens is 332 g/mol. The second-order valence-corrected chi connectivity index (χ2v) is 5.65. The molecule has 110 valence electrons. The van der Waals surface area contributed by atoms with Crippen LogP contribution in [0.4, 0.5) is 0 Å². The Bertz CT molecular complexity index is 617. The Balaban J connectivity index is 2.23. The van der Waals surface area contributed by atoms with Gasteiger partial charge in [-0.1, -0.05) is 12.1 Å². The maximum Gasteiger partial charge on any atom is 0.255 e. The lowest BCUT2D eigenvalue weighted by Gasteiger charge is -2.22. The average molecular weight is 349 g/mol. The molecule has 21 heavy (non-hydrogen) atoms. The van der Waals surface area contributed by atoms with Gasteiger partial charge in [0.2, 0.25) is 0 Å². The van der Waals surface area contributed by atoms with E-state index in [4.69, 9.17) is 0 Å². The van der Waals surface area contributed by atoms with Crippen molar-refractivity contribution < 1.29 is 9.90 Å². The highest BCUT2D eigenvalue weighted by atomic mass is 79.9. The van der Waals surface area contributed by atoms with Crippen LogP contribution in [-0.2, 0) is 6.54 Å². The van der Waals surface area contributed by atoms with E-state index < -0.39 is 0 Å². The van der Waals surface area contributed by atoms with E-state index in [2.05, 4.69) is 20.9 Å². The predicted molar refractivity (Wildman–Crippen MR) is 84.9 cm³/mol. The van der Waals surface area contributed by atoms with Crippen LogP contribution in [-0.4, -0.2) is 34.0 Å². The number of nitrogens with zero attached hydrogens (tertiary/aromatic N) is 2. The first kappa shape index (κ1) is 15.7. The number of pyridine rings is 1. The van der Waals surface area contributed by atoms with Gasteiger partial charge in [-0.25, -0.2) is 0 Å². The molecular formula is C16H17BrN2O2. The van der Waals surface area contributed by atoms with Crippen molar-refractivity contribution in [3.63, 3.8) is 0 Å². The van der Waals surface area contributed by atoms with Crippen LogP contribution in [0.2, 0.25) is 0 Å². The average Bonchev–Trinajstić information content (AvgIpc) is 2.47. The minimum atomic E-state index is -0.111. The highest BCUT2D eigenvalue weighted by Crippen LogP contribution is 2.20. The van der Waals surface area contributed by atoms with E-state index in [0.29, 0.717) is 12.1 Å². The normalized spacial score (nSPS) is 10.4. The minimum absolute atomic E-state index is 0.0739. The number of hydrogen-bond donors (Lipinski definition) is 1. The van der Waals surface area contributed by atoms with Gasteiger partial charge in [0.15, 0.2) is 0 Å². The zero-order valence-electron chi connectivity index (χ0n) is 11.8. The highest BCUT2D eigenvalue weighted by molar-refractivity contribution is 9.10. The summed E-state index contributed by atoms with van der Waals surface area (Å²) < 4.78 is 0.765. The number of carbonyl (C=O) groups is 1. The molecule has 0 unspecified atom stereocenters. The molecule has 0 spiro atoms. The molecule has 0 aliphatic heterocycles. The molecule has 1 heterocycles. The molecule has 1 aromatic carbocycles. The van der Waals surface area contributed by atoms with Crippen molar-refractivity contribution in [1.29, 1.82) is 0 Å². The molecule has 0 aliphatic carbocycles. The predicted octanol–water partition coefficient (Wildman–Crippen LogP) is 2.79. The summed E-state index contributed by atoms with van der Waals surface area (Å²) in [6.45, 7) is 2.61. The van der Waals surface area contributed by atoms with E-state index in [1.807, 2.05) is 31.2 Å². The van der Waals surface area contributed by atoms with Gasteiger partial charge < -0.3 is 10.0 Å². The summed E-state index contributed by atoms with van der Waals surface area (Å²) in [5, 5.41) is 9.20. The van der Waals surface area contributed by atoms with Gasteiger partial charge >= 0.3 is 0 Å². The van der Waals surface area contributed by atoms with E-state index >= 15 is 0 Å². The molecule has 5 heteroatoms. The molecule has 4 nitrogen and oxygen atoms in total. The molecule has 0 saturated heterocycles. The van der Waals surface area contributed by atoms with Gasteiger partial charge in [0.1, 0.15) is 0 Å². The summed E-state index contributed by atoms with van der Waals surface area (Å²) in [5.74, 6) is -0.111. The van der Waals surface area contributed by atoms with E-state index in [1.165, 1.54) is 0 Å². The quantitative estimate of drug-likeness (QED) is 0.903. The first-order chi connectivity index (χ1) is 10.1. The van der Waals surface area contributed by atoms with Gasteiger partial charge in [-0.3, -0.25) is 9.78 Å². The van der Waals surface area contributed by atoms with Crippen LogP contribution in [0.5, 0.6) is 0 Å². The lowest BCUT2D eigenvalue weighted by Crippen LogP contribution is -2.33. The Morgan fingerprint density at radius 2 is 2.19 bits per heavy atom. The zero-order valence-corrected chi connectivity index (χ0v) is 13.4. The largest absolute Gasteiger partial charge is 0.395 e. The second-order valence-electron chi connectivity index (χ2n) is 4.79. The third-order valence-corrected chi connectivity index (χ3v) is 3.76. The SMILES string of the molecule is Cc1ccc(C(=O)N(CCO)Cc2cccnc2)c(Br)c1. The topological polar surface area (TPSA) is 53.4 Å². The minimum Gasteiger partial charge on any atom is -0.395 e. The van der Waals surface area contributed by atoms with Crippen molar-refractivity contribution in [1.82, 2.24) is 9.88 Å². The van der Waals surface area contributed by atoms with Gasteiger partial charge in [0, 0.05) is 30.0 Å². The van der Waals surface area contributed by atoms with Crippen molar-refractivity contribution in [2.75, 3.05) is 13.2 Å². The number of carbonyl (C=O) groups excluding carboxylic acids is 1. The first-order valence-electron chi connectivity index (χ1n) is 6.67. The number of amides is 1. The molecule has 2 aromatic rings. The van der Waals surface area contributed by atoms with Gasteiger partial charge in [-0.05, 0) is 52.2 Å². The van der Waals surface area contributed by atoms with Crippen molar-refractivity contribution >= 4 is 21.8 Å². The third kappa shape index (κ3) is 4.12. The molecule has 0 aliphatic rings. The number of aryl methyl sites for hydroxylation is 1. The maximum atomic E-state index is 12.6. The Labute approximate surface area is 132 Å². The van der Waals surface area contributed by atoms with Gasteiger partial charge in [-0.2, -0.15) is 0 Å². The molecule has 2 rings (SSSR count). The van der Waals surface area contributed by atoms with E-state index in [0.717, 1.165) is 15.6 Å². The van der Waals surface area contributed by atoms with Crippen molar-refractivity contribution in [2.45, 2.75) is 13.5 Å². The third-order valence-electron chi connectivity index (χ3n) is 3.11. The molecule has 0 saturated carbocycles. The monoisotopic (exact) mass is 348 g/mol. The van der Waals surface area contributed by atoms with Crippen molar-refractivity contribution in [3.05, 3.63) is 63.9 Å². The standard InChI is InChI=1S/C16H17BrN2O2/c1-12-4-5-14(15(17)9-12)16(21)19(7-8-20)11-13-3-2-6-18-10-13/h2-6,9-10,20H,7-8,11H2,1H3. The Morgan fingerprint density at radius 3 is 2.81 bits per heavy atom. The summed E-state index contributed by atoms with van der Waals surface area (Å²) in [5.41, 5.74) is 2.61. The summed E-state index contributed by atoms with van der Waals surface area (Å²) >= 11 is 3.43. The first-order valence-corrected chi connectivity index (χ1v) is 7.46. The maximum absolute atomic E-state index is 12.6. The van der Waals surface area contributed by atoms with Crippen LogP contribution >= 0.6 is 15.9 Å². The molecule has 0 fully saturated rings. The molecule has 1 N–H and O–H groups in total. The highest BCUT2D eigenvalue weighted by Gasteiger charge is 2.18. The van der Waals surface area contributed by atoms with Gasteiger partial charge in [0.25, 0.3) is 5.91 Å². The molecule has 0 bridgehead atoms. The number of rotatable bonds is 5. The van der Waals surface area contributed by atoms with Crippen molar-refractivity contribution in [2.24, 2.45) is 0 Å². The summed E-state index contributed by atoms with van der Waals surface area (Å²) in [4.78, 5) is 18.3. The number of aliphatic hydroxyl groups is 1. The lowest BCUT2D eigenvalue weighted by atomic mass is 10.1. The molecule has 1 aromatic heterocycles. The van der Waals surface area contributed by atoms with Crippen LogP contribution in [0.3, 0.4) is 0 Å². The fourth-order valence-electron chi connectivity index (χ4n) is 2.05. The molecule has 0 radical (unpaired) electrons. The van der Waals surface area contributed by atoms with Crippen LogP contribution in [0.25, 0.3) is 0 Å². The van der Waals surface area contributed by atoms with Crippen LogP contribution in [0.1, 0.15) is 21.5 Å². The number of benzene rings is 1. The number of hydrogen-bond acceptors (Lipinski definition) is 3. The van der Waals surface area contributed by atoms with Gasteiger partial charge in [-0.15, -0.1) is 0 Å². The number of halogens is 1. The van der Waals surface area contributed by atoms with Crippen LogP contribution < -0.4 is 0 Å². The van der Waals surface area contributed by atoms with Crippen LogP contribution in [0.15, 0.2) is 47.2 Å². The molecule has 0 atom stereocenters.